The van der Waals surface area contributed by atoms with Crippen molar-refractivity contribution in [2.75, 3.05) is 27.4 Å². The van der Waals surface area contributed by atoms with Crippen LogP contribution in [0.25, 0.3) is 0 Å². The van der Waals surface area contributed by atoms with Gasteiger partial charge in [0.05, 0.1) is 31.1 Å². The Morgan fingerprint density at radius 3 is 2.73 bits per heavy atom. The third-order valence-corrected chi connectivity index (χ3v) is 4.77. The van der Waals surface area contributed by atoms with E-state index in [1.807, 2.05) is 0 Å². The SMILES string of the molecule is COCCOc1cnc(C(=O)Cc2ccnc(C3(C)CC(=O)N(C)C(N)=N3)c2)cn1. The third kappa shape index (κ3) is 4.77. The molecule has 0 aromatic carbocycles. The number of amides is 1. The minimum atomic E-state index is -0.881. The molecule has 0 saturated heterocycles. The Morgan fingerprint density at radius 2 is 2.07 bits per heavy atom. The van der Waals surface area contributed by atoms with E-state index in [-0.39, 0.29) is 36.2 Å². The highest BCUT2D eigenvalue weighted by Crippen LogP contribution is 2.31. The van der Waals surface area contributed by atoms with Crippen molar-refractivity contribution in [3.05, 3.63) is 47.7 Å². The Labute approximate surface area is 174 Å². The number of nitrogens with two attached hydrogens (primary N) is 1. The van der Waals surface area contributed by atoms with Crippen LogP contribution < -0.4 is 10.5 Å². The lowest BCUT2D eigenvalue weighted by atomic mass is 9.90. The molecule has 1 amide bonds. The van der Waals surface area contributed by atoms with Gasteiger partial charge < -0.3 is 15.2 Å². The van der Waals surface area contributed by atoms with E-state index in [4.69, 9.17) is 15.2 Å². The van der Waals surface area contributed by atoms with Gasteiger partial charge in [-0.05, 0) is 24.6 Å². The third-order valence-electron chi connectivity index (χ3n) is 4.77. The lowest BCUT2D eigenvalue weighted by Crippen LogP contribution is -2.47. The molecule has 0 saturated carbocycles. The summed E-state index contributed by atoms with van der Waals surface area (Å²) in [7, 11) is 3.16. The Hall–Kier alpha value is -3.40. The summed E-state index contributed by atoms with van der Waals surface area (Å²) in [4.78, 5) is 43.1. The van der Waals surface area contributed by atoms with E-state index in [9.17, 15) is 9.59 Å². The molecule has 0 fully saturated rings. The summed E-state index contributed by atoms with van der Waals surface area (Å²) in [5.74, 6) is 0.122. The highest BCUT2D eigenvalue weighted by atomic mass is 16.5. The van der Waals surface area contributed by atoms with E-state index in [0.717, 1.165) is 5.56 Å². The molecule has 1 unspecified atom stereocenters. The summed E-state index contributed by atoms with van der Waals surface area (Å²) >= 11 is 0. The van der Waals surface area contributed by atoms with Crippen molar-refractivity contribution in [3.8, 4) is 5.88 Å². The first kappa shape index (κ1) is 21.3. The summed E-state index contributed by atoms with van der Waals surface area (Å²) < 4.78 is 10.2. The second kappa shape index (κ2) is 8.95. The Kier molecular flexibility index (Phi) is 6.36. The molecule has 1 aliphatic rings. The Balaban J connectivity index is 1.72. The molecule has 2 aromatic rings. The van der Waals surface area contributed by atoms with Crippen LogP contribution in [0.2, 0.25) is 0 Å². The fraction of sp³-hybridized carbons (Fsp3) is 0.400. The maximum Gasteiger partial charge on any atom is 0.232 e. The van der Waals surface area contributed by atoms with Gasteiger partial charge in [0.1, 0.15) is 17.8 Å². The number of Topliss-reactive ketones (excluding diaryl/α,β-unsaturated/α-hetero) is 1. The molecule has 30 heavy (non-hydrogen) atoms. The van der Waals surface area contributed by atoms with Crippen LogP contribution >= 0.6 is 0 Å². The van der Waals surface area contributed by atoms with Crippen molar-refractivity contribution in [1.82, 2.24) is 19.9 Å². The van der Waals surface area contributed by atoms with Crippen LogP contribution in [-0.4, -0.2) is 64.9 Å². The zero-order chi connectivity index (χ0) is 21.7. The Morgan fingerprint density at radius 1 is 1.27 bits per heavy atom. The summed E-state index contributed by atoms with van der Waals surface area (Å²) in [6, 6.07) is 3.51. The zero-order valence-corrected chi connectivity index (χ0v) is 17.2. The maximum absolute atomic E-state index is 12.6. The highest BCUT2D eigenvalue weighted by molar-refractivity contribution is 5.98. The number of ketones is 1. The van der Waals surface area contributed by atoms with E-state index in [1.165, 1.54) is 17.3 Å². The van der Waals surface area contributed by atoms with Gasteiger partial charge in [0.2, 0.25) is 11.8 Å². The largest absolute Gasteiger partial charge is 0.474 e. The summed E-state index contributed by atoms with van der Waals surface area (Å²) in [5.41, 5.74) is 6.52. The average Bonchev–Trinajstić information content (AvgIpc) is 2.73. The second-order valence-electron chi connectivity index (χ2n) is 7.10. The summed E-state index contributed by atoms with van der Waals surface area (Å²) in [5, 5.41) is 0. The molecule has 158 valence electrons. The van der Waals surface area contributed by atoms with Crippen LogP contribution in [0.3, 0.4) is 0 Å². The molecule has 3 rings (SSSR count). The van der Waals surface area contributed by atoms with Gasteiger partial charge >= 0.3 is 0 Å². The molecule has 0 radical (unpaired) electrons. The molecular formula is C20H24N6O4. The predicted octanol–water partition coefficient (Wildman–Crippen LogP) is 0.714. The molecule has 1 atom stereocenters. The number of ether oxygens (including phenoxy) is 2. The molecular weight excluding hydrogens is 388 g/mol. The van der Waals surface area contributed by atoms with E-state index in [0.29, 0.717) is 24.8 Å². The first-order valence-electron chi connectivity index (χ1n) is 9.36. The van der Waals surface area contributed by atoms with Gasteiger partial charge in [-0.1, -0.05) is 0 Å². The number of rotatable bonds is 8. The molecule has 2 aromatic heterocycles. The van der Waals surface area contributed by atoms with Crippen LogP contribution in [0.5, 0.6) is 5.88 Å². The zero-order valence-electron chi connectivity index (χ0n) is 17.2. The van der Waals surface area contributed by atoms with E-state index in [2.05, 4.69) is 19.9 Å². The van der Waals surface area contributed by atoms with Gasteiger partial charge in [0.25, 0.3) is 0 Å². The molecule has 0 spiro atoms. The molecule has 1 aliphatic heterocycles. The van der Waals surface area contributed by atoms with Gasteiger partial charge in [0.15, 0.2) is 11.7 Å². The standard InChI is InChI=1S/C20H24N6O4/c1-20(10-18(28)26(2)19(21)25-20)16-9-13(4-5-22-16)8-15(27)14-11-24-17(12-23-14)30-7-6-29-3/h4-5,9,11-12H,6-8,10H2,1-3H3,(H2,21,25). The van der Waals surface area contributed by atoms with Crippen LogP contribution in [0, 0.1) is 0 Å². The van der Waals surface area contributed by atoms with Crippen LogP contribution in [-0.2, 0) is 21.5 Å². The maximum atomic E-state index is 12.6. The number of carbonyl (C=O) groups is 2. The average molecular weight is 412 g/mol. The number of pyridine rings is 1. The topological polar surface area (TPSA) is 133 Å². The first-order valence-corrected chi connectivity index (χ1v) is 9.36. The second-order valence-corrected chi connectivity index (χ2v) is 7.10. The highest BCUT2D eigenvalue weighted by Gasteiger charge is 2.37. The number of hydrogen-bond acceptors (Lipinski definition) is 9. The van der Waals surface area contributed by atoms with Gasteiger partial charge in [-0.25, -0.2) is 15.0 Å². The van der Waals surface area contributed by atoms with Crippen molar-refractivity contribution < 1.29 is 19.1 Å². The lowest BCUT2D eigenvalue weighted by Gasteiger charge is -2.32. The fourth-order valence-electron chi connectivity index (χ4n) is 2.98. The minimum absolute atomic E-state index is 0.108. The fourth-order valence-corrected chi connectivity index (χ4v) is 2.98. The number of nitrogens with zero attached hydrogens (tertiary/aromatic N) is 5. The van der Waals surface area contributed by atoms with Crippen molar-refractivity contribution >= 4 is 17.6 Å². The molecule has 10 heteroatoms. The molecule has 3 heterocycles. The number of aromatic nitrogens is 3. The molecule has 0 aliphatic carbocycles. The number of guanidine groups is 1. The van der Waals surface area contributed by atoms with Gasteiger partial charge in [-0.15, -0.1) is 0 Å². The van der Waals surface area contributed by atoms with Crippen LogP contribution in [0.15, 0.2) is 35.7 Å². The van der Waals surface area contributed by atoms with Crippen molar-refractivity contribution in [2.24, 2.45) is 10.7 Å². The first-order chi connectivity index (χ1) is 14.3. The lowest BCUT2D eigenvalue weighted by molar-refractivity contribution is -0.128. The Bertz CT molecular complexity index is 962. The smallest absolute Gasteiger partial charge is 0.232 e. The molecule has 10 nitrogen and oxygen atoms in total. The van der Waals surface area contributed by atoms with Crippen LogP contribution in [0.1, 0.15) is 35.1 Å². The van der Waals surface area contributed by atoms with E-state index >= 15 is 0 Å². The van der Waals surface area contributed by atoms with E-state index < -0.39 is 5.54 Å². The van der Waals surface area contributed by atoms with Crippen molar-refractivity contribution in [2.45, 2.75) is 25.3 Å². The van der Waals surface area contributed by atoms with E-state index in [1.54, 1.807) is 39.4 Å². The number of carbonyl (C=O) groups excluding carboxylic acids is 2. The summed E-state index contributed by atoms with van der Waals surface area (Å²) in [6.07, 6.45) is 4.63. The normalized spacial score (nSPS) is 18.8. The van der Waals surface area contributed by atoms with Crippen molar-refractivity contribution in [3.63, 3.8) is 0 Å². The van der Waals surface area contributed by atoms with Gasteiger partial charge in [0, 0.05) is 26.8 Å². The van der Waals surface area contributed by atoms with Gasteiger partial charge in [-0.2, -0.15) is 0 Å². The van der Waals surface area contributed by atoms with Crippen molar-refractivity contribution in [1.29, 1.82) is 0 Å². The molecule has 2 N–H and O–H groups in total. The number of aliphatic imine (C=N–C) groups is 1. The quantitative estimate of drug-likeness (QED) is 0.495. The predicted molar refractivity (Wildman–Crippen MR) is 108 cm³/mol. The van der Waals surface area contributed by atoms with Crippen LogP contribution in [0.4, 0.5) is 0 Å². The number of methoxy groups -OCH3 is 1. The monoisotopic (exact) mass is 412 g/mol. The summed E-state index contributed by atoms with van der Waals surface area (Å²) in [6.45, 7) is 2.58. The van der Waals surface area contributed by atoms with Gasteiger partial charge in [-0.3, -0.25) is 19.5 Å². The minimum Gasteiger partial charge on any atom is -0.474 e. The molecule has 0 bridgehead atoms. The number of hydrogen-bond donors (Lipinski definition) is 1.